The summed E-state index contributed by atoms with van der Waals surface area (Å²) in [5, 5.41) is 13.8. The minimum Gasteiger partial charge on any atom is -0.508 e. The van der Waals surface area contributed by atoms with E-state index in [0.29, 0.717) is 22.3 Å². The summed E-state index contributed by atoms with van der Waals surface area (Å²) in [6.07, 6.45) is 0. The van der Waals surface area contributed by atoms with Crippen LogP contribution in [0.25, 0.3) is 22.8 Å². The number of phenolic OH excluding ortho intramolecular Hbond substituents is 1. The molecule has 0 saturated heterocycles. The van der Waals surface area contributed by atoms with Crippen molar-refractivity contribution in [2.75, 3.05) is 0 Å². The van der Waals surface area contributed by atoms with Crippen molar-refractivity contribution in [3.63, 3.8) is 0 Å². The van der Waals surface area contributed by atoms with E-state index in [-0.39, 0.29) is 5.75 Å². The molecule has 0 spiro atoms. The predicted molar refractivity (Wildman–Crippen MR) is 76.6 cm³/mol. The van der Waals surface area contributed by atoms with Crippen LogP contribution < -0.4 is 0 Å². The van der Waals surface area contributed by atoms with E-state index in [4.69, 9.17) is 16.1 Å². The average molecular weight is 287 g/mol. The predicted octanol–water partition coefficient (Wildman–Crippen LogP) is 4.07. The highest BCUT2D eigenvalue weighted by Crippen LogP contribution is 2.29. The van der Waals surface area contributed by atoms with Crippen molar-refractivity contribution in [2.24, 2.45) is 0 Å². The molecular formula is C15H11ClN2O2. The Morgan fingerprint density at radius 1 is 1.10 bits per heavy atom. The van der Waals surface area contributed by atoms with Gasteiger partial charge in [-0.3, -0.25) is 0 Å². The monoisotopic (exact) mass is 286 g/mol. The zero-order valence-corrected chi connectivity index (χ0v) is 11.4. The van der Waals surface area contributed by atoms with E-state index in [1.54, 1.807) is 24.3 Å². The fraction of sp³-hybridized carbons (Fsp3) is 0.0667. The summed E-state index contributed by atoms with van der Waals surface area (Å²) >= 11 is 6.18. The van der Waals surface area contributed by atoms with Gasteiger partial charge < -0.3 is 9.63 Å². The van der Waals surface area contributed by atoms with Gasteiger partial charge in [-0.1, -0.05) is 22.8 Å². The first-order valence-corrected chi connectivity index (χ1v) is 6.41. The Kier molecular flexibility index (Phi) is 3.16. The molecule has 0 amide bonds. The van der Waals surface area contributed by atoms with E-state index in [9.17, 15) is 5.11 Å². The molecule has 4 nitrogen and oxygen atoms in total. The smallest absolute Gasteiger partial charge is 0.259 e. The Hall–Kier alpha value is -2.33. The molecule has 0 fully saturated rings. The molecule has 0 aliphatic carbocycles. The van der Waals surface area contributed by atoms with Gasteiger partial charge in [-0.15, -0.1) is 0 Å². The summed E-state index contributed by atoms with van der Waals surface area (Å²) < 4.78 is 5.25. The van der Waals surface area contributed by atoms with Gasteiger partial charge in [-0.25, -0.2) is 0 Å². The Morgan fingerprint density at radius 3 is 2.55 bits per heavy atom. The van der Waals surface area contributed by atoms with E-state index in [2.05, 4.69) is 10.1 Å². The van der Waals surface area contributed by atoms with Crippen LogP contribution in [0.1, 0.15) is 5.56 Å². The van der Waals surface area contributed by atoms with Gasteiger partial charge in [0.25, 0.3) is 5.89 Å². The van der Waals surface area contributed by atoms with Crippen LogP contribution in [0.15, 0.2) is 47.0 Å². The fourth-order valence-electron chi connectivity index (χ4n) is 1.85. The topological polar surface area (TPSA) is 59.2 Å². The number of phenols is 1. The maximum absolute atomic E-state index is 9.27. The van der Waals surface area contributed by atoms with Crippen LogP contribution in [0.2, 0.25) is 5.02 Å². The minimum atomic E-state index is 0.194. The SMILES string of the molecule is Cc1ccc(-c2nc(-c3ccc(O)cc3)no2)c(Cl)c1. The highest BCUT2D eigenvalue weighted by molar-refractivity contribution is 6.33. The Labute approximate surface area is 120 Å². The van der Waals surface area contributed by atoms with Gasteiger partial charge in [-0.2, -0.15) is 4.98 Å². The second-order valence-corrected chi connectivity index (χ2v) is 4.86. The Balaban J connectivity index is 1.99. The van der Waals surface area contributed by atoms with E-state index in [1.807, 2.05) is 25.1 Å². The summed E-state index contributed by atoms with van der Waals surface area (Å²) in [7, 11) is 0. The number of halogens is 1. The summed E-state index contributed by atoms with van der Waals surface area (Å²) in [6.45, 7) is 1.96. The first kappa shape index (κ1) is 12.7. The van der Waals surface area contributed by atoms with Gasteiger partial charge in [-0.05, 0) is 48.9 Å². The Bertz CT molecular complexity index is 751. The van der Waals surface area contributed by atoms with Crippen molar-refractivity contribution in [3.05, 3.63) is 53.1 Å². The van der Waals surface area contributed by atoms with E-state index in [0.717, 1.165) is 11.1 Å². The summed E-state index contributed by atoms with van der Waals surface area (Å²) in [5.74, 6) is 1.02. The molecule has 0 aliphatic rings. The van der Waals surface area contributed by atoms with Gasteiger partial charge in [0.1, 0.15) is 5.75 Å². The molecule has 3 aromatic rings. The molecule has 1 aromatic heterocycles. The van der Waals surface area contributed by atoms with Gasteiger partial charge in [0.15, 0.2) is 0 Å². The highest BCUT2D eigenvalue weighted by atomic mass is 35.5. The van der Waals surface area contributed by atoms with Crippen molar-refractivity contribution >= 4 is 11.6 Å². The van der Waals surface area contributed by atoms with Gasteiger partial charge in [0.2, 0.25) is 5.82 Å². The number of aromatic nitrogens is 2. The molecule has 0 saturated carbocycles. The highest BCUT2D eigenvalue weighted by Gasteiger charge is 2.13. The molecule has 0 bridgehead atoms. The van der Waals surface area contributed by atoms with E-state index >= 15 is 0 Å². The lowest BCUT2D eigenvalue weighted by Gasteiger charge is -1.99. The van der Waals surface area contributed by atoms with Crippen LogP contribution in [0.5, 0.6) is 5.75 Å². The molecule has 1 N–H and O–H groups in total. The van der Waals surface area contributed by atoms with Crippen LogP contribution in [-0.2, 0) is 0 Å². The number of aromatic hydroxyl groups is 1. The lowest BCUT2D eigenvalue weighted by molar-refractivity contribution is 0.432. The number of rotatable bonds is 2. The molecule has 100 valence electrons. The maximum atomic E-state index is 9.27. The summed E-state index contributed by atoms with van der Waals surface area (Å²) in [4.78, 5) is 4.33. The second kappa shape index (κ2) is 4.98. The Morgan fingerprint density at radius 2 is 1.85 bits per heavy atom. The summed E-state index contributed by atoms with van der Waals surface area (Å²) in [5.41, 5.74) is 2.54. The van der Waals surface area contributed by atoms with Gasteiger partial charge in [0.05, 0.1) is 10.6 Å². The zero-order valence-electron chi connectivity index (χ0n) is 10.7. The number of benzene rings is 2. The third-order valence-corrected chi connectivity index (χ3v) is 3.22. The standard InChI is InChI=1S/C15H11ClN2O2/c1-9-2-7-12(13(16)8-9)15-17-14(18-20-15)10-3-5-11(19)6-4-10/h2-8,19H,1H3. The largest absolute Gasteiger partial charge is 0.508 e. The molecule has 1 heterocycles. The number of hydrogen-bond donors (Lipinski definition) is 1. The fourth-order valence-corrected chi connectivity index (χ4v) is 2.17. The molecule has 0 radical (unpaired) electrons. The van der Waals surface area contributed by atoms with Crippen molar-refractivity contribution in [3.8, 4) is 28.6 Å². The molecule has 2 aromatic carbocycles. The van der Waals surface area contributed by atoms with Gasteiger partial charge >= 0.3 is 0 Å². The van der Waals surface area contributed by atoms with Crippen LogP contribution in [-0.4, -0.2) is 15.2 Å². The van der Waals surface area contributed by atoms with Crippen molar-refractivity contribution in [1.29, 1.82) is 0 Å². The lowest BCUT2D eigenvalue weighted by Crippen LogP contribution is -1.83. The number of hydrogen-bond acceptors (Lipinski definition) is 4. The van der Waals surface area contributed by atoms with Crippen LogP contribution >= 0.6 is 11.6 Å². The molecule has 0 aliphatic heterocycles. The molecule has 0 unspecified atom stereocenters. The quantitative estimate of drug-likeness (QED) is 0.771. The first-order valence-electron chi connectivity index (χ1n) is 6.03. The third-order valence-electron chi connectivity index (χ3n) is 2.91. The van der Waals surface area contributed by atoms with Crippen LogP contribution in [0, 0.1) is 6.92 Å². The summed E-state index contributed by atoms with van der Waals surface area (Å²) in [6, 6.07) is 12.2. The lowest BCUT2D eigenvalue weighted by atomic mass is 10.1. The molecule has 3 rings (SSSR count). The van der Waals surface area contributed by atoms with Crippen molar-refractivity contribution in [1.82, 2.24) is 10.1 Å². The number of nitrogens with zero attached hydrogens (tertiary/aromatic N) is 2. The molecule has 20 heavy (non-hydrogen) atoms. The minimum absolute atomic E-state index is 0.194. The van der Waals surface area contributed by atoms with Crippen molar-refractivity contribution < 1.29 is 9.63 Å². The molecule has 0 atom stereocenters. The van der Waals surface area contributed by atoms with Crippen molar-refractivity contribution in [2.45, 2.75) is 6.92 Å². The van der Waals surface area contributed by atoms with E-state index < -0.39 is 0 Å². The third kappa shape index (κ3) is 2.38. The molecule has 5 heteroatoms. The van der Waals surface area contributed by atoms with Gasteiger partial charge in [0, 0.05) is 5.56 Å². The van der Waals surface area contributed by atoms with Crippen LogP contribution in [0.4, 0.5) is 0 Å². The maximum Gasteiger partial charge on any atom is 0.259 e. The second-order valence-electron chi connectivity index (χ2n) is 4.45. The first-order chi connectivity index (χ1) is 9.63. The molecular weight excluding hydrogens is 276 g/mol. The van der Waals surface area contributed by atoms with E-state index in [1.165, 1.54) is 0 Å². The zero-order chi connectivity index (χ0) is 14.1. The van der Waals surface area contributed by atoms with Crippen LogP contribution in [0.3, 0.4) is 0 Å². The number of aryl methyl sites for hydroxylation is 1. The normalized spacial score (nSPS) is 10.7. The average Bonchev–Trinajstić information content (AvgIpc) is 2.89.